The van der Waals surface area contributed by atoms with Gasteiger partial charge in [0, 0.05) is 24.6 Å². The van der Waals surface area contributed by atoms with Crippen LogP contribution in [-0.4, -0.2) is 30.2 Å². The average Bonchev–Trinajstić information content (AvgIpc) is 3.10. The highest BCUT2D eigenvalue weighted by Crippen LogP contribution is 2.21. The number of pyridine rings is 1. The molecule has 10 heteroatoms. The van der Waals surface area contributed by atoms with Crippen LogP contribution in [0.25, 0.3) is 16.7 Å². The van der Waals surface area contributed by atoms with Crippen LogP contribution in [-0.2, 0) is 7.05 Å². The van der Waals surface area contributed by atoms with Crippen molar-refractivity contribution in [1.29, 1.82) is 0 Å². The van der Waals surface area contributed by atoms with Crippen molar-refractivity contribution in [3.63, 3.8) is 0 Å². The molecule has 3 aromatic heterocycles. The predicted octanol–water partition coefficient (Wildman–Crippen LogP) is 1.83. The fraction of sp³-hybridized carbons (Fsp3) is 0.150. The zero-order chi connectivity index (χ0) is 21.4. The second-order valence-electron chi connectivity index (χ2n) is 6.87. The van der Waals surface area contributed by atoms with Crippen molar-refractivity contribution >= 4 is 45.6 Å². The van der Waals surface area contributed by atoms with E-state index in [1.807, 2.05) is 50.2 Å². The van der Waals surface area contributed by atoms with Crippen LogP contribution in [0.3, 0.4) is 0 Å². The van der Waals surface area contributed by atoms with Crippen molar-refractivity contribution in [2.24, 2.45) is 7.05 Å². The molecule has 0 aliphatic rings. The summed E-state index contributed by atoms with van der Waals surface area (Å²) in [7, 11) is 1.75. The number of nitrogens with one attached hydrogen (secondary N) is 3. The molecule has 0 fully saturated rings. The van der Waals surface area contributed by atoms with E-state index in [9.17, 15) is 9.59 Å². The van der Waals surface area contributed by atoms with Crippen molar-refractivity contribution in [3.05, 3.63) is 69.8 Å². The Balaban J connectivity index is 1.62. The smallest absolute Gasteiger partial charge is 0.287 e. The summed E-state index contributed by atoms with van der Waals surface area (Å²) in [5.41, 5.74) is 7.98. The number of hydrazine groups is 1. The summed E-state index contributed by atoms with van der Waals surface area (Å²) in [6.07, 6.45) is 1.47. The summed E-state index contributed by atoms with van der Waals surface area (Å²) >= 11 is 5.16. The molecule has 4 rings (SSSR count). The maximum absolute atomic E-state index is 12.9. The van der Waals surface area contributed by atoms with Gasteiger partial charge in [0.05, 0.1) is 5.39 Å². The Kier molecular flexibility index (Phi) is 4.92. The topological polar surface area (TPSA) is 105 Å². The quantitative estimate of drug-likeness (QED) is 0.335. The molecule has 152 valence electrons. The van der Waals surface area contributed by atoms with Gasteiger partial charge in [-0.05, 0) is 49.8 Å². The highest BCUT2D eigenvalue weighted by atomic mass is 32.1. The summed E-state index contributed by atoms with van der Waals surface area (Å²) in [5, 5.41) is 8.22. The van der Waals surface area contributed by atoms with Crippen LogP contribution in [0.4, 0.5) is 5.69 Å². The summed E-state index contributed by atoms with van der Waals surface area (Å²) in [6.45, 7) is 3.81. The lowest BCUT2D eigenvalue weighted by Gasteiger charge is -2.12. The van der Waals surface area contributed by atoms with Crippen LogP contribution in [0.15, 0.2) is 47.4 Å². The molecule has 1 aromatic carbocycles. The number of benzene rings is 1. The summed E-state index contributed by atoms with van der Waals surface area (Å²) in [4.78, 5) is 30.0. The van der Waals surface area contributed by atoms with Gasteiger partial charge in [-0.2, -0.15) is 4.52 Å². The van der Waals surface area contributed by atoms with Crippen molar-refractivity contribution in [2.75, 3.05) is 5.32 Å². The highest BCUT2D eigenvalue weighted by Gasteiger charge is 2.19. The normalized spacial score (nSPS) is 10.9. The molecule has 3 heterocycles. The summed E-state index contributed by atoms with van der Waals surface area (Å²) in [6, 6.07) is 11.2. The van der Waals surface area contributed by atoms with E-state index in [0.29, 0.717) is 11.3 Å². The van der Waals surface area contributed by atoms with E-state index in [1.165, 1.54) is 10.7 Å². The molecular weight excluding hydrogens is 402 g/mol. The molecule has 4 aromatic rings. The third-order valence-electron chi connectivity index (χ3n) is 4.59. The van der Waals surface area contributed by atoms with Crippen LogP contribution in [0, 0.1) is 13.8 Å². The molecular formula is C20H19N7O2S. The van der Waals surface area contributed by atoms with Crippen molar-refractivity contribution in [1.82, 2.24) is 30.0 Å². The molecule has 0 radical (unpaired) electrons. The highest BCUT2D eigenvalue weighted by molar-refractivity contribution is 7.80. The predicted molar refractivity (Wildman–Crippen MR) is 118 cm³/mol. The van der Waals surface area contributed by atoms with E-state index in [1.54, 1.807) is 11.6 Å². The Morgan fingerprint density at radius 1 is 1.13 bits per heavy atom. The van der Waals surface area contributed by atoms with E-state index in [-0.39, 0.29) is 10.7 Å². The number of rotatable bonds is 2. The molecule has 0 aliphatic heterocycles. The van der Waals surface area contributed by atoms with Gasteiger partial charge in [0.2, 0.25) is 0 Å². The molecule has 0 saturated carbocycles. The van der Waals surface area contributed by atoms with Crippen LogP contribution in [0.5, 0.6) is 0 Å². The van der Waals surface area contributed by atoms with Gasteiger partial charge in [0.15, 0.2) is 10.8 Å². The number of aryl methyl sites for hydroxylation is 3. The maximum atomic E-state index is 12.9. The Hall–Kier alpha value is -3.79. The van der Waals surface area contributed by atoms with Gasteiger partial charge in [-0.3, -0.25) is 20.4 Å². The fourth-order valence-corrected chi connectivity index (χ4v) is 3.49. The van der Waals surface area contributed by atoms with Crippen molar-refractivity contribution in [2.45, 2.75) is 13.8 Å². The first-order valence-electron chi connectivity index (χ1n) is 9.14. The first-order chi connectivity index (χ1) is 14.3. The van der Waals surface area contributed by atoms with E-state index >= 15 is 0 Å². The van der Waals surface area contributed by atoms with Crippen LogP contribution in [0.2, 0.25) is 0 Å². The fourth-order valence-electron chi connectivity index (χ4n) is 3.33. The molecule has 0 spiro atoms. The third kappa shape index (κ3) is 3.48. The number of thiocarbonyl (C=S) groups is 1. The summed E-state index contributed by atoms with van der Waals surface area (Å²) < 4.78 is 2.90. The number of nitrogens with zero attached hydrogens (tertiary/aromatic N) is 4. The van der Waals surface area contributed by atoms with Gasteiger partial charge in [0.25, 0.3) is 11.5 Å². The second-order valence-corrected chi connectivity index (χ2v) is 7.28. The number of anilines is 1. The lowest BCUT2D eigenvalue weighted by Crippen LogP contribution is -2.45. The minimum absolute atomic E-state index is 0.0813. The average molecular weight is 421 g/mol. The van der Waals surface area contributed by atoms with Gasteiger partial charge in [-0.25, -0.2) is 4.98 Å². The van der Waals surface area contributed by atoms with Crippen molar-refractivity contribution in [3.8, 4) is 0 Å². The molecule has 0 atom stereocenters. The number of para-hydroxylation sites is 1. The Morgan fingerprint density at radius 3 is 2.60 bits per heavy atom. The second kappa shape index (κ2) is 7.56. The Morgan fingerprint density at radius 2 is 1.87 bits per heavy atom. The van der Waals surface area contributed by atoms with Gasteiger partial charge in [0.1, 0.15) is 11.2 Å². The third-order valence-corrected chi connectivity index (χ3v) is 4.79. The largest absolute Gasteiger partial charge is 0.334 e. The van der Waals surface area contributed by atoms with Gasteiger partial charge in [-0.1, -0.05) is 18.2 Å². The van der Waals surface area contributed by atoms with Gasteiger partial charge < -0.3 is 9.88 Å². The first-order valence-corrected chi connectivity index (χ1v) is 9.54. The molecule has 0 saturated heterocycles. The van der Waals surface area contributed by atoms with Crippen molar-refractivity contribution < 1.29 is 4.79 Å². The number of carbonyl (C=O) groups excluding carboxylic acids is 1. The summed E-state index contributed by atoms with van der Waals surface area (Å²) in [5.74, 6) is -0.630. The molecule has 9 nitrogen and oxygen atoms in total. The van der Waals surface area contributed by atoms with E-state index in [2.05, 4.69) is 26.3 Å². The lowest BCUT2D eigenvalue weighted by molar-refractivity contribution is 0.0941. The van der Waals surface area contributed by atoms with E-state index < -0.39 is 11.5 Å². The number of carbonyl (C=O) groups is 1. The lowest BCUT2D eigenvalue weighted by atomic mass is 10.2. The first kappa shape index (κ1) is 19.5. The number of fused-ring (bicyclic) bond motifs is 3. The standard InChI is InChI=1S/C20H19N7O2S/c1-11-9-12(2)21-16-15(11)18-26(3)10-14(19(29)27(18)25-16)17(28)23-24-20(30)22-13-7-5-4-6-8-13/h4-10H,1-3H3,(H,23,28)(H2,22,24,30). The van der Waals surface area contributed by atoms with Crippen LogP contribution in [0.1, 0.15) is 21.6 Å². The Bertz CT molecular complexity index is 1360. The minimum Gasteiger partial charge on any atom is -0.334 e. The molecule has 3 N–H and O–H groups in total. The van der Waals surface area contributed by atoms with E-state index in [0.717, 1.165) is 22.3 Å². The SMILES string of the molecule is Cc1cc(C)c2c(n1)nn1c(=O)c(C(=O)NNC(=S)Nc3ccccc3)cn(C)c21. The molecule has 0 aliphatic carbocycles. The molecule has 0 bridgehead atoms. The molecule has 30 heavy (non-hydrogen) atoms. The van der Waals surface area contributed by atoms with E-state index in [4.69, 9.17) is 12.2 Å². The van der Waals surface area contributed by atoms with Gasteiger partial charge in [-0.15, -0.1) is 5.10 Å². The number of hydrogen-bond donors (Lipinski definition) is 3. The molecule has 1 amide bonds. The molecule has 0 unspecified atom stereocenters. The number of hydrogen-bond acceptors (Lipinski definition) is 5. The minimum atomic E-state index is -0.630. The number of aromatic nitrogens is 4. The van der Waals surface area contributed by atoms with Crippen LogP contribution >= 0.6 is 12.2 Å². The number of amides is 1. The monoisotopic (exact) mass is 421 g/mol. The van der Waals surface area contributed by atoms with Gasteiger partial charge >= 0.3 is 0 Å². The zero-order valence-electron chi connectivity index (χ0n) is 16.6. The van der Waals surface area contributed by atoms with Crippen LogP contribution < -0.4 is 21.7 Å². The zero-order valence-corrected chi connectivity index (χ0v) is 17.4. The Labute approximate surface area is 176 Å². The maximum Gasteiger partial charge on any atom is 0.287 e.